The predicted octanol–water partition coefficient (Wildman–Crippen LogP) is 2.11. The number of nitro benzene ring substituents is 1. The number of carbonyl (C=O) groups excluding carboxylic acids is 1. The standard InChI is InChI=1S/C13H13N3O3/c14-8-1-9-15(11-6-7-11)13(17)10-2-4-12(5-3-10)16(18)19/h2-5,11H,1,6-7,9H2. The second kappa shape index (κ2) is 5.48. The van der Waals surface area contributed by atoms with Crippen molar-refractivity contribution in [1.29, 1.82) is 5.26 Å². The molecule has 0 aliphatic heterocycles. The van der Waals surface area contributed by atoms with Gasteiger partial charge in [0.25, 0.3) is 11.6 Å². The zero-order valence-corrected chi connectivity index (χ0v) is 10.3. The summed E-state index contributed by atoms with van der Waals surface area (Å²) in [7, 11) is 0. The van der Waals surface area contributed by atoms with Crippen LogP contribution in [0, 0.1) is 21.4 Å². The van der Waals surface area contributed by atoms with Crippen LogP contribution in [0.1, 0.15) is 29.6 Å². The Morgan fingerprint density at radius 1 is 1.42 bits per heavy atom. The topological polar surface area (TPSA) is 87.2 Å². The summed E-state index contributed by atoms with van der Waals surface area (Å²) in [5.74, 6) is -0.160. The van der Waals surface area contributed by atoms with Crippen molar-refractivity contribution in [3.63, 3.8) is 0 Å². The summed E-state index contributed by atoms with van der Waals surface area (Å²) in [6.07, 6.45) is 2.23. The van der Waals surface area contributed by atoms with Gasteiger partial charge in [0.1, 0.15) is 0 Å². The summed E-state index contributed by atoms with van der Waals surface area (Å²) in [6.45, 7) is 0.414. The van der Waals surface area contributed by atoms with Crippen LogP contribution in [0.5, 0.6) is 0 Å². The maximum atomic E-state index is 12.3. The monoisotopic (exact) mass is 259 g/mol. The number of nitro groups is 1. The fourth-order valence-electron chi connectivity index (χ4n) is 1.90. The molecule has 1 saturated carbocycles. The van der Waals surface area contributed by atoms with E-state index >= 15 is 0 Å². The minimum atomic E-state index is -0.497. The first-order valence-corrected chi connectivity index (χ1v) is 6.06. The second-order valence-electron chi connectivity index (χ2n) is 4.44. The fraction of sp³-hybridized carbons (Fsp3) is 0.385. The molecule has 19 heavy (non-hydrogen) atoms. The van der Waals surface area contributed by atoms with Crippen molar-refractivity contribution in [2.45, 2.75) is 25.3 Å². The maximum Gasteiger partial charge on any atom is 0.269 e. The van der Waals surface area contributed by atoms with E-state index in [-0.39, 0.29) is 17.6 Å². The number of rotatable bonds is 5. The normalized spacial score (nSPS) is 13.6. The summed E-state index contributed by atoms with van der Waals surface area (Å²) < 4.78 is 0. The number of nitriles is 1. The van der Waals surface area contributed by atoms with Crippen LogP contribution in [0.4, 0.5) is 5.69 Å². The Bertz CT molecular complexity index is 529. The largest absolute Gasteiger partial charge is 0.335 e. The van der Waals surface area contributed by atoms with Crippen LogP contribution in [0.15, 0.2) is 24.3 Å². The first kappa shape index (κ1) is 13.0. The molecule has 1 fully saturated rings. The van der Waals surface area contributed by atoms with Crippen LogP contribution in [-0.4, -0.2) is 28.3 Å². The van der Waals surface area contributed by atoms with Gasteiger partial charge in [-0.25, -0.2) is 0 Å². The number of hydrogen-bond donors (Lipinski definition) is 0. The van der Waals surface area contributed by atoms with Gasteiger partial charge in [-0.05, 0) is 25.0 Å². The van der Waals surface area contributed by atoms with E-state index < -0.39 is 4.92 Å². The highest BCUT2D eigenvalue weighted by atomic mass is 16.6. The first-order valence-electron chi connectivity index (χ1n) is 6.06. The molecule has 0 bridgehead atoms. The minimum Gasteiger partial charge on any atom is -0.335 e. The molecule has 0 heterocycles. The summed E-state index contributed by atoms with van der Waals surface area (Å²) in [4.78, 5) is 24.0. The molecule has 1 amide bonds. The molecule has 1 aromatic rings. The molecule has 6 nitrogen and oxygen atoms in total. The lowest BCUT2D eigenvalue weighted by Gasteiger charge is -2.21. The molecular weight excluding hydrogens is 246 g/mol. The van der Waals surface area contributed by atoms with Crippen LogP contribution >= 0.6 is 0 Å². The van der Waals surface area contributed by atoms with Crippen molar-refractivity contribution >= 4 is 11.6 Å². The van der Waals surface area contributed by atoms with Gasteiger partial charge in [-0.1, -0.05) is 0 Å². The Morgan fingerprint density at radius 3 is 2.53 bits per heavy atom. The van der Waals surface area contributed by atoms with E-state index in [1.54, 1.807) is 4.90 Å². The zero-order chi connectivity index (χ0) is 13.8. The highest BCUT2D eigenvalue weighted by Gasteiger charge is 2.32. The number of carbonyl (C=O) groups is 1. The molecule has 1 aliphatic carbocycles. The van der Waals surface area contributed by atoms with Gasteiger partial charge in [0.2, 0.25) is 0 Å². The summed E-state index contributed by atoms with van der Waals surface area (Å²) in [5.41, 5.74) is 0.391. The lowest BCUT2D eigenvalue weighted by Crippen LogP contribution is -2.33. The number of nitrogens with zero attached hydrogens (tertiary/aromatic N) is 3. The van der Waals surface area contributed by atoms with E-state index in [0.717, 1.165) is 12.8 Å². The third-order valence-electron chi connectivity index (χ3n) is 3.04. The Labute approximate surface area is 110 Å². The predicted molar refractivity (Wildman–Crippen MR) is 67.4 cm³/mol. The molecule has 0 unspecified atom stereocenters. The molecule has 0 radical (unpaired) electrons. The number of hydrogen-bond acceptors (Lipinski definition) is 4. The number of non-ortho nitro benzene ring substituents is 1. The van der Waals surface area contributed by atoms with Crippen LogP contribution in [0.25, 0.3) is 0 Å². The van der Waals surface area contributed by atoms with Gasteiger partial charge in [0.15, 0.2) is 0 Å². The van der Waals surface area contributed by atoms with Crippen molar-refractivity contribution in [2.75, 3.05) is 6.54 Å². The SMILES string of the molecule is N#CCCN(C(=O)c1ccc([N+](=O)[O-])cc1)C1CC1. The molecule has 0 atom stereocenters. The molecule has 0 saturated heterocycles. The Kier molecular flexibility index (Phi) is 3.76. The van der Waals surface area contributed by atoms with E-state index in [0.29, 0.717) is 18.5 Å². The molecule has 98 valence electrons. The highest BCUT2D eigenvalue weighted by molar-refractivity contribution is 5.94. The van der Waals surface area contributed by atoms with Gasteiger partial charge in [-0.15, -0.1) is 0 Å². The second-order valence-corrected chi connectivity index (χ2v) is 4.44. The first-order chi connectivity index (χ1) is 9.13. The molecule has 6 heteroatoms. The average Bonchev–Trinajstić information content (AvgIpc) is 3.23. The fourth-order valence-corrected chi connectivity index (χ4v) is 1.90. The van der Waals surface area contributed by atoms with E-state index in [1.807, 2.05) is 6.07 Å². The van der Waals surface area contributed by atoms with Crippen LogP contribution in [0.2, 0.25) is 0 Å². The van der Waals surface area contributed by atoms with E-state index in [4.69, 9.17) is 5.26 Å². The quantitative estimate of drug-likeness (QED) is 0.598. The number of amides is 1. The number of benzene rings is 1. The minimum absolute atomic E-state index is 0.0356. The van der Waals surface area contributed by atoms with Gasteiger partial charge in [0, 0.05) is 30.3 Å². The van der Waals surface area contributed by atoms with Gasteiger partial charge in [0.05, 0.1) is 17.4 Å². The molecule has 1 aliphatic rings. The summed E-state index contributed by atoms with van der Waals surface area (Å²) in [6, 6.07) is 7.81. The molecule has 0 N–H and O–H groups in total. The lowest BCUT2D eigenvalue weighted by atomic mass is 10.1. The van der Waals surface area contributed by atoms with E-state index in [2.05, 4.69) is 0 Å². The molecule has 1 aromatic carbocycles. The third-order valence-corrected chi connectivity index (χ3v) is 3.04. The van der Waals surface area contributed by atoms with Crippen LogP contribution < -0.4 is 0 Å². The van der Waals surface area contributed by atoms with Crippen LogP contribution in [-0.2, 0) is 0 Å². The molecule has 0 aromatic heterocycles. The van der Waals surface area contributed by atoms with Crippen molar-refractivity contribution in [1.82, 2.24) is 4.90 Å². The molecule has 2 rings (SSSR count). The van der Waals surface area contributed by atoms with E-state index in [1.165, 1.54) is 24.3 Å². The highest BCUT2D eigenvalue weighted by Crippen LogP contribution is 2.28. The zero-order valence-electron chi connectivity index (χ0n) is 10.3. The Hall–Kier alpha value is -2.42. The van der Waals surface area contributed by atoms with Gasteiger partial charge in [-0.2, -0.15) is 5.26 Å². The van der Waals surface area contributed by atoms with Crippen molar-refractivity contribution in [3.8, 4) is 6.07 Å². The van der Waals surface area contributed by atoms with Gasteiger partial charge >= 0.3 is 0 Å². The van der Waals surface area contributed by atoms with E-state index in [9.17, 15) is 14.9 Å². The summed E-state index contributed by atoms with van der Waals surface area (Å²) in [5, 5.41) is 19.2. The summed E-state index contributed by atoms with van der Waals surface area (Å²) >= 11 is 0. The Balaban J connectivity index is 2.12. The van der Waals surface area contributed by atoms with Crippen molar-refractivity contribution in [2.24, 2.45) is 0 Å². The lowest BCUT2D eigenvalue weighted by molar-refractivity contribution is -0.384. The molecule has 0 spiro atoms. The third kappa shape index (κ3) is 3.07. The molecular formula is C13H13N3O3. The van der Waals surface area contributed by atoms with Gasteiger partial charge in [-0.3, -0.25) is 14.9 Å². The van der Waals surface area contributed by atoms with Crippen molar-refractivity contribution < 1.29 is 9.72 Å². The smallest absolute Gasteiger partial charge is 0.269 e. The van der Waals surface area contributed by atoms with Gasteiger partial charge < -0.3 is 4.90 Å². The van der Waals surface area contributed by atoms with Crippen LogP contribution in [0.3, 0.4) is 0 Å². The maximum absolute atomic E-state index is 12.3. The Morgan fingerprint density at radius 2 is 2.05 bits per heavy atom. The van der Waals surface area contributed by atoms with Crippen molar-refractivity contribution in [3.05, 3.63) is 39.9 Å². The average molecular weight is 259 g/mol.